The summed E-state index contributed by atoms with van der Waals surface area (Å²) in [5.74, 6) is -0.371. The van der Waals surface area contributed by atoms with Crippen LogP contribution in [0, 0.1) is 0 Å². The van der Waals surface area contributed by atoms with Crippen LogP contribution in [0.4, 0.5) is 0 Å². The molecule has 0 bridgehead atoms. The van der Waals surface area contributed by atoms with E-state index < -0.39 is 11.8 Å². The molecule has 0 N–H and O–H groups in total. The van der Waals surface area contributed by atoms with Gasteiger partial charge >= 0.3 is 5.97 Å². The molecule has 0 saturated carbocycles. The molecule has 0 fully saturated rings. The van der Waals surface area contributed by atoms with Crippen molar-refractivity contribution in [2.75, 3.05) is 14.2 Å². The molecular formula is C13H13ClO4. The molecule has 1 aromatic carbocycles. The molecule has 1 aromatic rings. The van der Waals surface area contributed by atoms with Gasteiger partial charge in [0.1, 0.15) is 12.2 Å². The van der Waals surface area contributed by atoms with Crippen molar-refractivity contribution < 1.29 is 19.1 Å². The first-order valence-corrected chi connectivity index (χ1v) is 5.56. The number of hydrogen-bond acceptors (Lipinski definition) is 4. The highest BCUT2D eigenvalue weighted by atomic mass is 35.5. The smallest absolute Gasteiger partial charge is 0.313 e. The number of ketones is 1. The quantitative estimate of drug-likeness (QED) is 0.467. The third-order valence-corrected chi connectivity index (χ3v) is 2.53. The van der Waals surface area contributed by atoms with Gasteiger partial charge < -0.3 is 9.47 Å². The Kier molecular flexibility index (Phi) is 5.39. The Hall–Kier alpha value is -1.81. The number of carbonyl (C=O) groups excluding carboxylic acids is 2. The molecule has 0 radical (unpaired) electrons. The van der Waals surface area contributed by atoms with Crippen LogP contribution in [0.25, 0.3) is 6.08 Å². The first-order valence-electron chi connectivity index (χ1n) is 5.18. The second-order valence-corrected chi connectivity index (χ2v) is 3.85. The van der Waals surface area contributed by atoms with E-state index >= 15 is 0 Å². The maximum atomic E-state index is 11.5. The van der Waals surface area contributed by atoms with E-state index in [1.54, 1.807) is 31.4 Å². The Morgan fingerprint density at radius 2 is 1.83 bits per heavy atom. The zero-order chi connectivity index (χ0) is 13.5. The van der Waals surface area contributed by atoms with Gasteiger partial charge in [-0.05, 0) is 23.8 Å². The zero-order valence-electron chi connectivity index (χ0n) is 10.1. The monoisotopic (exact) mass is 268 g/mol. The van der Waals surface area contributed by atoms with Crippen molar-refractivity contribution in [2.24, 2.45) is 0 Å². The number of hydrogen-bond donors (Lipinski definition) is 0. The summed E-state index contributed by atoms with van der Waals surface area (Å²) in [5, 5.41) is -0.00873. The molecule has 0 heterocycles. The molecule has 0 aromatic heterocycles. The lowest BCUT2D eigenvalue weighted by molar-refractivity contribution is -0.142. The fourth-order valence-corrected chi connectivity index (χ4v) is 1.41. The van der Waals surface area contributed by atoms with E-state index in [0.29, 0.717) is 5.75 Å². The number of halogens is 1. The largest absolute Gasteiger partial charge is 0.497 e. The topological polar surface area (TPSA) is 52.6 Å². The lowest BCUT2D eigenvalue weighted by Crippen LogP contribution is -2.09. The number of ether oxygens (including phenoxy) is 2. The summed E-state index contributed by atoms with van der Waals surface area (Å²) in [6, 6.07) is 7.01. The average molecular weight is 269 g/mol. The Balaban J connectivity index is 2.75. The van der Waals surface area contributed by atoms with Gasteiger partial charge in [0.05, 0.1) is 19.3 Å². The van der Waals surface area contributed by atoms with Gasteiger partial charge in [-0.1, -0.05) is 23.7 Å². The molecule has 1 rings (SSSR count). The number of rotatable bonds is 5. The fraction of sp³-hybridized carbons (Fsp3) is 0.231. The molecule has 4 nitrogen and oxygen atoms in total. The third-order valence-electron chi connectivity index (χ3n) is 2.21. The van der Waals surface area contributed by atoms with Crippen LogP contribution in [0.2, 0.25) is 0 Å². The third kappa shape index (κ3) is 4.22. The lowest BCUT2D eigenvalue weighted by Gasteiger charge is -2.01. The van der Waals surface area contributed by atoms with Gasteiger partial charge in [0.25, 0.3) is 0 Å². The number of esters is 1. The van der Waals surface area contributed by atoms with E-state index in [1.165, 1.54) is 13.2 Å². The summed E-state index contributed by atoms with van der Waals surface area (Å²) in [7, 11) is 2.79. The molecule has 18 heavy (non-hydrogen) atoms. The molecule has 0 amide bonds. The van der Waals surface area contributed by atoms with Gasteiger partial charge in [-0.3, -0.25) is 9.59 Å². The molecule has 0 aliphatic rings. The summed E-state index contributed by atoms with van der Waals surface area (Å²) >= 11 is 5.81. The highest BCUT2D eigenvalue weighted by molar-refractivity contribution is 6.45. The van der Waals surface area contributed by atoms with Crippen LogP contribution >= 0.6 is 11.6 Å². The predicted molar refractivity (Wildman–Crippen MR) is 68.5 cm³/mol. The first kappa shape index (κ1) is 14.3. The van der Waals surface area contributed by atoms with Crippen LogP contribution in [-0.2, 0) is 14.3 Å². The van der Waals surface area contributed by atoms with E-state index in [-0.39, 0.29) is 11.5 Å². The minimum atomic E-state index is -0.610. The van der Waals surface area contributed by atoms with Crippen molar-refractivity contribution in [3.8, 4) is 5.75 Å². The number of benzene rings is 1. The molecule has 0 aliphatic carbocycles. The predicted octanol–water partition coefficient (Wildman–Crippen LogP) is 2.41. The van der Waals surface area contributed by atoms with Gasteiger partial charge in [-0.15, -0.1) is 0 Å². The van der Waals surface area contributed by atoms with Crippen LogP contribution in [0.3, 0.4) is 0 Å². The normalized spacial score (nSPS) is 10.9. The summed E-state index contributed by atoms with van der Waals surface area (Å²) in [6.45, 7) is 0. The van der Waals surface area contributed by atoms with Crippen molar-refractivity contribution in [2.45, 2.75) is 6.42 Å². The summed E-state index contributed by atoms with van der Waals surface area (Å²) in [5.41, 5.74) is 0.749. The highest BCUT2D eigenvalue weighted by Crippen LogP contribution is 2.16. The first-order chi connectivity index (χ1) is 8.56. The molecule has 0 unspecified atom stereocenters. The van der Waals surface area contributed by atoms with Crippen LogP contribution in [-0.4, -0.2) is 26.0 Å². The molecule has 0 atom stereocenters. The Morgan fingerprint density at radius 3 is 2.33 bits per heavy atom. The van der Waals surface area contributed by atoms with Crippen LogP contribution in [0.15, 0.2) is 29.3 Å². The number of carbonyl (C=O) groups is 2. The van der Waals surface area contributed by atoms with Gasteiger partial charge in [0, 0.05) is 0 Å². The van der Waals surface area contributed by atoms with Gasteiger partial charge in [-0.2, -0.15) is 0 Å². The summed E-state index contributed by atoms with van der Waals surface area (Å²) in [6.07, 6.45) is 1.13. The minimum absolute atomic E-state index is 0.00873. The van der Waals surface area contributed by atoms with Gasteiger partial charge in [0.15, 0.2) is 5.78 Å². The average Bonchev–Trinajstić information content (AvgIpc) is 2.39. The molecule has 0 saturated heterocycles. The maximum absolute atomic E-state index is 11.5. The summed E-state index contributed by atoms with van der Waals surface area (Å²) < 4.78 is 9.40. The molecule has 0 aliphatic heterocycles. The van der Waals surface area contributed by atoms with Crippen molar-refractivity contribution in [3.05, 3.63) is 34.9 Å². The molecule has 0 spiro atoms. The van der Waals surface area contributed by atoms with Crippen LogP contribution in [0.5, 0.6) is 5.75 Å². The van der Waals surface area contributed by atoms with E-state index in [9.17, 15) is 9.59 Å². The number of Topliss-reactive ketones (excluding diaryl/α,β-unsaturated/α-hetero) is 1. The van der Waals surface area contributed by atoms with Gasteiger partial charge in [0.2, 0.25) is 0 Å². The van der Waals surface area contributed by atoms with Crippen molar-refractivity contribution in [3.63, 3.8) is 0 Å². The zero-order valence-corrected chi connectivity index (χ0v) is 10.9. The lowest BCUT2D eigenvalue weighted by atomic mass is 10.1. The Morgan fingerprint density at radius 1 is 1.22 bits per heavy atom. The SMILES string of the molecule is COC(=O)CC(=O)/C(Cl)=C/c1ccc(OC)cc1. The van der Waals surface area contributed by atoms with Gasteiger partial charge in [-0.25, -0.2) is 0 Å². The highest BCUT2D eigenvalue weighted by Gasteiger charge is 2.12. The number of allylic oxidation sites excluding steroid dienone is 1. The second kappa shape index (κ2) is 6.81. The van der Waals surface area contributed by atoms with Crippen molar-refractivity contribution >= 4 is 29.4 Å². The number of methoxy groups -OCH3 is 2. The Labute approximate surface area is 110 Å². The van der Waals surface area contributed by atoms with Crippen molar-refractivity contribution in [1.29, 1.82) is 0 Å². The Bertz CT molecular complexity index is 462. The summed E-state index contributed by atoms with van der Waals surface area (Å²) in [4.78, 5) is 22.4. The van der Waals surface area contributed by atoms with E-state index in [4.69, 9.17) is 16.3 Å². The second-order valence-electron chi connectivity index (χ2n) is 3.44. The minimum Gasteiger partial charge on any atom is -0.497 e. The molecular weight excluding hydrogens is 256 g/mol. The van der Waals surface area contributed by atoms with E-state index in [2.05, 4.69) is 4.74 Å². The molecule has 96 valence electrons. The van der Waals surface area contributed by atoms with Crippen LogP contribution < -0.4 is 4.74 Å². The molecule has 5 heteroatoms. The maximum Gasteiger partial charge on any atom is 0.313 e. The van der Waals surface area contributed by atoms with E-state index in [1.807, 2.05) is 0 Å². The van der Waals surface area contributed by atoms with E-state index in [0.717, 1.165) is 5.56 Å². The standard InChI is InChI=1S/C13H13ClO4/c1-17-10-5-3-9(4-6-10)7-11(14)12(15)8-13(16)18-2/h3-7H,8H2,1-2H3/b11-7-. The fourth-order valence-electron chi connectivity index (χ4n) is 1.21. The van der Waals surface area contributed by atoms with Crippen molar-refractivity contribution in [1.82, 2.24) is 0 Å². The van der Waals surface area contributed by atoms with Crippen LogP contribution in [0.1, 0.15) is 12.0 Å².